The van der Waals surface area contributed by atoms with Crippen molar-refractivity contribution in [3.05, 3.63) is 0 Å². The highest BCUT2D eigenvalue weighted by Crippen LogP contribution is 2.25. The van der Waals surface area contributed by atoms with E-state index in [2.05, 4.69) is 4.90 Å². The molecule has 0 saturated carbocycles. The molecule has 1 aliphatic heterocycles. The molecule has 1 aliphatic rings. The van der Waals surface area contributed by atoms with Gasteiger partial charge in [-0.15, -0.1) is 0 Å². The Morgan fingerprint density at radius 1 is 1.67 bits per heavy atom. The summed E-state index contributed by atoms with van der Waals surface area (Å²) >= 11 is 0. The van der Waals surface area contributed by atoms with Crippen molar-refractivity contribution >= 4 is 5.97 Å². The van der Waals surface area contributed by atoms with Crippen LogP contribution in [0, 0.1) is 5.92 Å². The smallest absolute Gasteiger partial charge is 0.321 e. The molecule has 0 amide bonds. The molecule has 0 aromatic carbocycles. The maximum atomic E-state index is 11.2. The minimum absolute atomic E-state index is 0.179. The molecule has 1 N–H and O–H groups in total. The van der Waals surface area contributed by atoms with Crippen LogP contribution in [0.3, 0.4) is 0 Å². The molecule has 0 spiro atoms. The molecule has 1 heterocycles. The summed E-state index contributed by atoms with van der Waals surface area (Å²) in [5, 5.41) is 9.21. The average molecular weight is 215 g/mol. The van der Waals surface area contributed by atoms with Crippen molar-refractivity contribution in [1.29, 1.82) is 0 Å². The Morgan fingerprint density at radius 3 is 2.87 bits per heavy atom. The third kappa shape index (κ3) is 2.92. The van der Waals surface area contributed by atoms with E-state index < -0.39 is 5.97 Å². The highest BCUT2D eigenvalue weighted by atomic mass is 16.5. The Labute approximate surface area is 91.2 Å². The summed E-state index contributed by atoms with van der Waals surface area (Å²) in [6, 6.07) is -0.164. The van der Waals surface area contributed by atoms with Gasteiger partial charge in [0.1, 0.15) is 6.04 Å². The van der Waals surface area contributed by atoms with Crippen LogP contribution in [0.4, 0.5) is 0 Å². The summed E-state index contributed by atoms with van der Waals surface area (Å²) in [4.78, 5) is 13.3. The zero-order valence-corrected chi connectivity index (χ0v) is 9.77. The van der Waals surface area contributed by atoms with Crippen molar-refractivity contribution in [2.75, 3.05) is 20.3 Å². The summed E-state index contributed by atoms with van der Waals surface area (Å²) in [7, 11) is 1.65. The number of likely N-dealkylation sites (tertiary alicyclic amines) is 1. The molecule has 4 heteroatoms. The summed E-state index contributed by atoms with van der Waals surface area (Å²) < 4.78 is 5.09. The second-order valence-electron chi connectivity index (χ2n) is 4.44. The molecular weight excluding hydrogens is 194 g/mol. The Balaban J connectivity index is 2.70. The van der Waals surface area contributed by atoms with Gasteiger partial charge in [0.2, 0.25) is 0 Å². The number of ether oxygens (including phenoxy) is 1. The maximum absolute atomic E-state index is 11.2. The minimum Gasteiger partial charge on any atom is -0.480 e. The summed E-state index contributed by atoms with van der Waals surface area (Å²) in [6.07, 6.45) is 2.09. The van der Waals surface area contributed by atoms with E-state index in [0.29, 0.717) is 6.61 Å². The van der Waals surface area contributed by atoms with Crippen molar-refractivity contribution < 1.29 is 14.6 Å². The number of carboxylic acid groups (broad SMARTS) is 1. The van der Waals surface area contributed by atoms with E-state index in [9.17, 15) is 9.90 Å². The molecule has 0 aromatic rings. The topological polar surface area (TPSA) is 49.8 Å². The number of carbonyl (C=O) groups is 1. The lowest BCUT2D eigenvalue weighted by Gasteiger charge is -2.40. The molecule has 3 atom stereocenters. The van der Waals surface area contributed by atoms with Crippen molar-refractivity contribution in [2.24, 2.45) is 5.92 Å². The van der Waals surface area contributed by atoms with Gasteiger partial charge in [0.15, 0.2) is 0 Å². The number of aliphatic carboxylic acids is 1. The molecular formula is C11H21NO3. The molecule has 1 saturated heterocycles. The third-order valence-corrected chi connectivity index (χ3v) is 3.20. The molecule has 88 valence electrons. The van der Waals surface area contributed by atoms with Crippen LogP contribution in [0.25, 0.3) is 0 Å². The normalized spacial score (nSPS) is 30.1. The molecule has 1 rings (SSSR count). The minimum atomic E-state index is -0.704. The number of hydrogen-bond acceptors (Lipinski definition) is 3. The number of carboxylic acids is 1. The van der Waals surface area contributed by atoms with E-state index in [0.717, 1.165) is 19.4 Å². The number of hydrogen-bond donors (Lipinski definition) is 1. The Hall–Kier alpha value is -0.610. The lowest BCUT2D eigenvalue weighted by atomic mass is 9.90. The van der Waals surface area contributed by atoms with Gasteiger partial charge in [0.05, 0.1) is 6.61 Å². The first-order valence-electron chi connectivity index (χ1n) is 5.55. The SMILES string of the molecule is COCC(C)N1CCCC(C)C1C(=O)O. The first-order valence-corrected chi connectivity index (χ1v) is 5.55. The van der Waals surface area contributed by atoms with E-state index in [4.69, 9.17) is 4.74 Å². The Kier molecular flexibility index (Phi) is 4.54. The van der Waals surface area contributed by atoms with Crippen LogP contribution >= 0.6 is 0 Å². The summed E-state index contributed by atoms with van der Waals surface area (Å²) in [6.45, 7) is 5.50. The van der Waals surface area contributed by atoms with Gasteiger partial charge in [-0.25, -0.2) is 0 Å². The largest absolute Gasteiger partial charge is 0.480 e. The summed E-state index contributed by atoms with van der Waals surface area (Å²) in [5.41, 5.74) is 0. The van der Waals surface area contributed by atoms with Crippen LogP contribution in [-0.2, 0) is 9.53 Å². The van der Waals surface area contributed by atoms with Crippen molar-refractivity contribution in [3.8, 4) is 0 Å². The lowest BCUT2D eigenvalue weighted by molar-refractivity contribution is -0.148. The average Bonchev–Trinajstić information content (AvgIpc) is 2.17. The van der Waals surface area contributed by atoms with Gasteiger partial charge in [-0.1, -0.05) is 6.92 Å². The molecule has 0 aromatic heterocycles. The highest BCUT2D eigenvalue weighted by molar-refractivity contribution is 5.74. The zero-order valence-electron chi connectivity index (χ0n) is 9.77. The van der Waals surface area contributed by atoms with Gasteiger partial charge < -0.3 is 9.84 Å². The van der Waals surface area contributed by atoms with Crippen LogP contribution in [0.5, 0.6) is 0 Å². The Bertz CT molecular complexity index is 220. The lowest BCUT2D eigenvalue weighted by Crippen LogP contribution is -2.53. The molecule has 3 unspecified atom stereocenters. The number of piperidine rings is 1. The molecule has 4 nitrogen and oxygen atoms in total. The van der Waals surface area contributed by atoms with Crippen LogP contribution in [0.2, 0.25) is 0 Å². The van der Waals surface area contributed by atoms with Gasteiger partial charge in [-0.3, -0.25) is 9.69 Å². The molecule has 0 aliphatic carbocycles. The first-order chi connectivity index (χ1) is 7.07. The molecule has 1 fully saturated rings. The van der Waals surface area contributed by atoms with E-state index in [1.165, 1.54) is 0 Å². The highest BCUT2D eigenvalue weighted by Gasteiger charge is 2.36. The van der Waals surface area contributed by atoms with Gasteiger partial charge in [0, 0.05) is 13.2 Å². The van der Waals surface area contributed by atoms with Crippen molar-refractivity contribution in [2.45, 2.75) is 38.8 Å². The predicted octanol–water partition coefficient (Wildman–Crippen LogP) is 1.21. The maximum Gasteiger partial charge on any atom is 0.321 e. The van der Waals surface area contributed by atoms with E-state index in [-0.39, 0.29) is 18.0 Å². The van der Waals surface area contributed by atoms with E-state index >= 15 is 0 Å². The molecule has 15 heavy (non-hydrogen) atoms. The van der Waals surface area contributed by atoms with Gasteiger partial charge in [0.25, 0.3) is 0 Å². The third-order valence-electron chi connectivity index (χ3n) is 3.20. The van der Waals surface area contributed by atoms with Crippen LogP contribution < -0.4 is 0 Å². The van der Waals surface area contributed by atoms with Crippen molar-refractivity contribution in [3.63, 3.8) is 0 Å². The quantitative estimate of drug-likeness (QED) is 0.765. The number of rotatable bonds is 4. The van der Waals surface area contributed by atoms with E-state index in [1.807, 2.05) is 13.8 Å². The fourth-order valence-corrected chi connectivity index (χ4v) is 2.44. The zero-order chi connectivity index (χ0) is 11.4. The standard InChI is InChI=1S/C11H21NO3/c1-8-5-4-6-12(9(2)7-15-3)10(8)11(13)14/h8-10H,4-7H2,1-3H3,(H,13,14). The Morgan fingerprint density at radius 2 is 2.33 bits per heavy atom. The first kappa shape index (κ1) is 12.5. The fourth-order valence-electron chi connectivity index (χ4n) is 2.44. The van der Waals surface area contributed by atoms with Crippen molar-refractivity contribution in [1.82, 2.24) is 4.90 Å². The second-order valence-corrected chi connectivity index (χ2v) is 4.44. The van der Waals surface area contributed by atoms with Crippen LogP contribution in [0.15, 0.2) is 0 Å². The fraction of sp³-hybridized carbons (Fsp3) is 0.909. The van der Waals surface area contributed by atoms with Crippen LogP contribution in [0.1, 0.15) is 26.7 Å². The second kappa shape index (κ2) is 5.47. The van der Waals surface area contributed by atoms with Gasteiger partial charge in [-0.05, 0) is 32.2 Å². The van der Waals surface area contributed by atoms with E-state index in [1.54, 1.807) is 7.11 Å². The van der Waals surface area contributed by atoms with Gasteiger partial charge >= 0.3 is 5.97 Å². The monoisotopic (exact) mass is 215 g/mol. The molecule has 0 bridgehead atoms. The van der Waals surface area contributed by atoms with Gasteiger partial charge in [-0.2, -0.15) is 0 Å². The summed E-state index contributed by atoms with van der Waals surface area (Å²) in [5.74, 6) is -0.472. The predicted molar refractivity (Wildman–Crippen MR) is 57.9 cm³/mol. The molecule has 0 radical (unpaired) electrons. The number of nitrogens with zero attached hydrogens (tertiary/aromatic N) is 1. The van der Waals surface area contributed by atoms with Crippen LogP contribution in [-0.4, -0.2) is 48.3 Å². The number of methoxy groups -OCH3 is 1.